The number of likely N-dealkylation sites (tertiary alicyclic amines) is 1. The molecule has 1 unspecified atom stereocenters. The lowest BCUT2D eigenvalue weighted by molar-refractivity contribution is 0.0698. The molecule has 1 aliphatic heterocycles. The number of aromatic nitrogens is 1. The molecule has 3 heterocycles. The molecule has 0 radical (unpaired) electrons. The lowest BCUT2D eigenvalue weighted by Gasteiger charge is -2.33. The summed E-state index contributed by atoms with van der Waals surface area (Å²) >= 11 is 1.57. The minimum Gasteiger partial charge on any atom is -0.337 e. The van der Waals surface area contributed by atoms with E-state index in [2.05, 4.69) is 15.6 Å². The second-order valence-electron chi connectivity index (χ2n) is 7.49. The number of fused-ring (bicyclic) bond motifs is 1. The Labute approximate surface area is 193 Å². The van der Waals surface area contributed by atoms with Gasteiger partial charge in [0.15, 0.2) is 0 Å². The number of nitrogens with zero attached hydrogens (tertiary/aromatic N) is 2. The van der Waals surface area contributed by atoms with Crippen LogP contribution in [0.25, 0.3) is 0 Å². The van der Waals surface area contributed by atoms with Crippen molar-refractivity contribution in [1.29, 1.82) is 0 Å². The quantitative estimate of drug-likeness (QED) is 0.709. The normalized spacial score (nSPS) is 17.9. The second kappa shape index (κ2) is 11.1. The van der Waals surface area contributed by atoms with Gasteiger partial charge in [0.25, 0.3) is 11.8 Å². The van der Waals surface area contributed by atoms with Crippen LogP contribution in [0.3, 0.4) is 0 Å². The number of amides is 2. The van der Waals surface area contributed by atoms with Crippen LogP contribution in [-0.2, 0) is 12.8 Å². The molecule has 2 N–H and O–H groups in total. The number of anilines is 1. The van der Waals surface area contributed by atoms with Crippen molar-refractivity contribution in [2.75, 3.05) is 25.5 Å². The van der Waals surface area contributed by atoms with Crippen LogP contribution in [0.15, 0.2) is 24.5 Å². The van der Waals surface area contributed by atoms with E-state index in [0.717, 1.165) is 57.2 Å². The van der Waals surface area contributed by atoms with Gasteiger partial charge in [-0.25, -0.2) is 0 Å². The summed E-state index contributed by atoms with van der Waals surface area (Å²) in [6.07, 6.45) is 9.42. The van der Waals surface area contributed by atoms with Crippen molar-refractivity contribution < 1.29 is 9.59 Å². The van der Waals surface area contributed by atoms with Crippen LogP contribution in [0, 0.1) is 0 Å². The summed E-state index contributed by atoms with van der Waals surface area (Å²) in [4.78, 5) is 33.4. The number of halogens is 2. The van der Waals surface area contributed by atoms with E-state index in [4.69, 9.17) is 0 Å². The van der Waals surface area contributed by atoms with E-state index in [1.165, 1.54) is 4.88 Å². The van der Waals surface area contributed by atoms with Crippen molar-refractivity contribution in [2.24, 2.45) is 0 Å². The fourth-order valence-corrected chi connectivity index (χ4v) is 5.38. The molecule has 2 aromatic rings. The molecule has 9 heteroatoms. The van der Waals surface area contributed by atoms with Crippen LogP contribution in [0.1, 0.15) is 56.8 Å². The molecule has 2 aromatic heterocycles. The third-order valence-corrected chi connectivity index (χ3v) is 6.86. The fourth-order valence-electron chi connectivity index (χ4n) is 4.11. The van der Waals surface area contributed by atoms with Gasteiger partial charge in [0, 0.05) is 36.4 Å². The first-order valence-corrected chi connectivity index (χ1v) is 10.8. The summed E-state index contributed by atoms with van der Waals surface area (Å²) in [6, 6.07) is 3.81. The molecule has 1 atom stereocenters. The van der Waals surface area contributed by atoms with E-state index < -0.39 is 0 Å². The Morgan fingerprint density at radius 1 is 1.20 bits per heavy atom. The maximum Gasteiger partial charge on any atom is 0.257 e. The van der Waals surface area contributed by atoms with Gasteiger partial charge in [-0.05, 0) is 63.3 Å². The zero-order chi connectivity index (χ0) is 19.5. The molecule has 2 amide bonds. The molecule has 1 aliphatic carbocycles. The van der Waals surface area contributed by atoms with Crippen LogP contribution in [0.2, 0.25) is 0 Å². The van der Waals surface area contributed by atoms with Gasteiger partial charge in [-0.2, -0.15) is 0 Å². The summed E-state index contributed by atoms with van der Waals surface area (Å²) in [5.74, 6) is -0.159. The third-order valence-electron chi connectivity index (χ3n) is 5.65. The van der Waals surface area contributed by atoms with Gasteiger partial charge >= 0.3 is 0 Å². The van der Waals surface area contributed by atoms with Gasteiger partial charge in [0.05, 0.1) is 11.1 Å². The van der Waals surface area contributed by atoms with Crippen molar-refractivity contribution in [3.63, 3.8) is 0 Å². The Kier molecular flexibility index (Phi) is 9.09. The van der Waals surface area contributed by atoms with E-state index in [1.54, 1.807) is 35.9 Å². The van der Waals surface area contributed by atoms with Crippen LogP contribution >= 0.6 is 36.2 Å². The lowest BCUT2D eigenvalue weighted by atomic mass is 9.94. The first-order chi connectivity index (χ1) is 13.7. The molecule has 4 rings (SSSR count). The summed E-state index contributed by atoms with van der Waals surface area (Å²) in [6.45, 7) is 1.49. The summed E-state index contributed by atoms with van der Waals surface area (Å²) in [5, 5.41) is 6.99. The van der Waals surface area contributed by atoms with Crippen LogP contribution in [0.4, 0.5) is 5.00 Å². The highest BCUT2D eigenvalue weighted by Crippen LogP contribution is 2.39. The van der Waals surface area contributed by atoms with Crippen molar-refractivity contribution in [1.82, 2.24) is 15.2 Å². The Hall–Kier alpha value is -1.67. The molecule has 1 fully saturated rings. The standard InChI is InChI=1S/C21H26N4O2S.2ClH/c1-22-15-7-5-11-25(13-15)21(27)18-16-8-2-3-9-17(16)28-20(18)24-19(26)14-6-4-10-23-12-14;;/h4,6,10,12,15,22H,2-3,5,7-9,11,13H2,1H3,(H,24,26);2*1H. The topological polar surface area (TPSA) is 74.3 Å². The number of carbonyl (C=O) groups is 2. The summed E-state index contributed by atoms with van der Waals surface area (Å²) < 4.78 is 0. The van der Waals surface area contributed by atoms with Gasteiger partial charge in [0.1, 0.15) is 5.00 Å². The number of rotatable bonds is 4. The van der Waals surface area contributed by atoms with Crippen LogP contribution in [0.5, 0.6) is 0 Å². The predicted octanol–water partition coefficient (Wildman–Crippen LogP) is 3.94. The smallest absolute Gasteiger partial charge is 0.257 e. The highest BCUT2D eigenvalue weighted by Gasteiger charge is 2.31. The van der Waals surface area contributed by atoms with E-state index in [-0.39, 0.29) is 36.6 Å². The zero-order valence-electron chi connectivity index (χ0n) is 17.0. The number of hydrogen-bond donors (Lipinski definition) is 2. The van der Waals surface area contributed by atoms with Crippen molar-refractivity contribution in [3.8, 4) is 0 Å². The van der Waals surface area contributed by atoms with Gasteiger partial charge in [-0.15, -0.1) is 36.2 Å². The number of carbonyl (C=O) groups excluding carboxylic acids is 2. The first-order valence-electron chi connectivity index (χ1n) is 10.00. The van der Waals surface area contributed by atoms with Crippen molar-refractivity contribution >= 4 is 53.0 Å². The Morgan fingerprint density at radius 3 is 2.73 bits per heavy atom. The summed E-state index contributed by atoms with van der Waals surface area (Å²) in [5.41, 5.74) is 2.36. The highest BCUT2D eigenvalue weighted by atomic mass is 35.5. The first kappa shape index (κ1) is 24.6. The predicted molar refractivity (Wildman–Crippen MR) is 126 cm³/mol. The molecular weight excluding hydrogens is 443 g/mol. The summed E-state index contributed by atoms with van der Waals surface area (Å²) in [7, 11) is 1.95. The molecule has 0 saturated carbocycles. The zero-order valence-corrected chi connectivity index (χ0v) is 19.4. The van der Waals surface area contributed by atoms with E-state index in [1.807, 2.05) is 11.9 Å². The molecule has 0 bridgehead atoms. The largest absolute Gasteiger partial charge is 0.337 e. The SMILES string of the molecule is CNC1CCCN(C(=O)c2c(NC(=O)c3cccnc3)sc3c2CCCC3)C1.Cl.Cl. The molecule has 2 aliphatic rings. The second-order valence-corrected chi connectivity index (χ2v) is 8.60. The molecule has 6 nitrogen and oxygen atoms in total. The maximum atomic E-state index is 13.5. The Morgan fingerprint density at radius 2 is 2.00 bits per heavy atom. The number of aryl methyl sites for hydroxylation is 1. The number of piperidine rings is 1. The maximum absolute atomic E-state index is 13.5. The average Bonchev–Trinajstić information content (AvgIpc) is 3.11. The number of pyridine rings is 1. The van der Waals surface area contributed by atoms with Crippen LogP contribution < -0.4 is 10.6 Å². The van der Waals surface area contributed by atoms with E-state index in [0.29, 0.717) is 22.2 Å². The third kappa shape index (κ3) is 5.14. The minimum atomic E-state index is -0.215. The highest BCUT2D eigenvalue weighted by molar-refractivity contribution is 7.17. The number of likely N-dealkylation sites (N-methyl/N-ethyl adjacent to an activating group) is 1. The van der Waals surface area contributed by atoms with E-state index in [9.17, 15) is 9.59 Å². The number of thiophene rings is 1. The van der Waals surface area contributed by atoms with E-state index >= 15 is 0 Å². The van der Waals surface area contributed by atoms with Gasteiger partial charge in [-0.1, -0.05) is 0 Å². The van der Waals surface area contributed by atoms with Crippen molar-refractivity contribution in [2.45, 2.75) is 44.6 Å². The molecule has 30 heavy (non-hydrogen) atoms. The van der Waals surface area contributed by atoms with Gasteiger partial charge in [0.2, 0.25) is 0 Å². The molecule has 0 aromatic carbocycles. The lowest BCUT2D eigenvalue weighted by Crippen LogP contribution is -2.47. The van der Waals surface area contributed by atoms with Crippen molar-refractivity contribution in [3.05, 3.63) is 46.1 Å². The molecule has 164 valence electrons. The Bertz CT molecular complexity index is 875. The average molecular weight is 471 g/mol. The van der Waals surface area contributed by atoms with Gasteiger partial charge in [-0.3, -0.25) is 14.6 Å². The van der Waals surface area contributed by atoms with Gasteiger partial charge < -0.3 is 15.5 Å². The monoisotopic (exact) mass is 470 g/mol. The van der Waals surface area contributed by atoms with Crippen LogP contribution in [-0.4, -0.2) is 47.9 Å². The fraction of sp³-hybridized carbons (Fsp3) is 0.476. The molecule has 1 saturated heterocycles. The number of hydrogen-bond acceptors (Lipinski definition) is 5. The Balaban J connectivity index is 0.00000160. The molecule has 0 spiro atoms. The number of nitrogens with one attached hydrogen (secondary N) is 2. The minimum absolute atomic E-state index is 0. The molecular formula is C21H28Cl2N4O2S.